The van der Waals surface area contributed by atoms with Gasteiger partial charge in [-0.15, -0.1) is 0 Å². The van der Waals surface area contributed by atoms with Gasteiger partial charge in [0.15, 0.2) is 6.04 Å². The third-order valence-corrected chi connectivity index (χ3v) is 3.65. The van der Waals surface area contributed by atoms with Gasteiger partial charge < -0.3 is 20.1 Å². The molecule has 1 saturated heterocycles. The first-order valence-corrected chi connectivity index (χ1v) is 6.99. The lowest BCUT2D eigenvalue weighted by atomic mass is 10.2. The summed E-state index contributed by atoms with van der Waals surface area (Å²) in [6.45, 7) is 0.513. The molecule has 1 aromatic rings. The van der Waals surface area contributed by atoms with Gasteiger partial charge in [-0.3, -0.25) is 0 Å². The fourth-order valence-corrected chi connectivity index (χ4v) is 2.55. The normalized spacial score (nSPS) is 18.7. The summed E-state index contributed by atoms with van der Waals surface area (Å²) in [6, 6.07) is 3.52. The van der Waals surface area contributed by atoms with Gasteiger partial charge in [-0.25, -0.2) is 9.59 Å². The van der Waals surface area contributed by atoms with Crippen molar-refractivity contribution in [2.24, 2.45) is 0 Å². The minimum absolute atomic E-state index is 0.0170. The molecule has 0 spiro atoms. The molecular weight excluding hydrogens is 351 g/mol. The Morgan fingerprint density at radius 3 is 2.90 bits per heavy atom. The fourth-order valence-electron chi connectivity index (χ4n) is 1.83. The number of halogens is 2. The standard InChI is InChI=1S/C12H12BrClN2O4/c13-7-1-2-9(8(14)5-7)15-12(19)16-3-4-20-6-10(16)11(17)18/h1-2,5,10H,3-4,6H2,(H,15,19)(H,17,18). The van der Waals surface area contributed by atoms with Crippen LogP contribution in [-0.4, -0.2) is 47.8 Å². The highest BCUT2D eigenvalue weighted by Gasteiger charge is 2.32. The molecule has 1 aliphatic heterocycles. The van der Waals surface area contributed by atoms with E-state index in [1.54, 1.807) is 18.2 Å². The number of urea groups is 1. The Balaban J connectivity index is 2.12. The van der Waals surface area contributed by atoms with Crippen LogP contribution in [-0.2, 0) is 9.53 Å². The molecule has 8 heteroatoms. The van der Waals surface area contributed by atoms with Crippen LogP contribution in [0, 0.1) is 0 Å². The second-order valence-corrected chi connectivity index (χ2v) is 5.50. The Labute approximate surface area is 128 Å². The molecule has 6 nitrogen and oxygen atoms in total. The molecule has 1 aromatic carbocycles. The zero-order chi connectivity index (χ0) is 14.7. The van der Waals surface area contributed by atoms with Crippen LogP contribution in [0.25, 0.3) is 0 Å². The lowest BCUT2D eigenvalue weighted by molar-refractivity contribution is -0.147. The number of ether oxygens (including phenoxy) is 1. The minimum Gasteiger partial charge on any atom is -0.480 e. The number of amides is 2. The third-order valence-electron chi connectivity index (χ3n) is 2.85. The van der Waals surface area contributed by atoms with Crippen molar-refractivity contribution in [1.82, 2.24) is 4.90 Å². The number of carbonyl (C=O) groups is 2. The van der Waals surface area contributed by atoms with Crippen molar-refractivity contribution >= 4 is 45.2 Å². The second kappa shape index (κ2) is 6.43. The predicted molar refractivity (Wildman–Crippen MR) is 77.1 cm³/mol. The number of nitrogens with one attached hydrogen (secondary N) is 1. The molecule has 108 valence electrons. The Morgan fingerprint density at radius 1 is 1.50 bits per heavy atom. The zero-order valence-corrected chi connectivity index (χ0v) is 12.6. The van der Waals surface area contributed by atoms with Crippen molar-refractivity contribution in [2.45, 2.75) is 6.04 Å². The molecule has 0 bridgehead atoms. The van der Waals surface area contributed by atoms with Crippen LogP contribution in [0.5, 0.6) is 0 Å². The van der Waals surface area contributed by atoms with Gasteiger partial charge >= 0.3 is 12.0 Å². The van der Waals surface area contributed by atoms with Gasteiger partial charge in [0.2, 0.25) is 0 Å². The third kappa shape index (κ3) is 3.41. The van der Waals surface area contributed by atoms with Crippen molar-refractivity contribution in [3.63, 3.8) is 0 Å². The molecule has 0 saturated carbocycles. The molecule has 1 atom stereocenters. The fraction of sp³-hybridized carbons (Fsp3) is 0.333. The molecule has 1 unspecified atom stereocenters. The Kier molecular flexibility index (Phi) is 4.85. The molecule has 1 fully saturated rings. The molecular formula is C12H12BrClN2O4. The van der Waals surface area contributed by atoms with E-state index >= 15 is 0 Å². The van der Waals surface area contributed by atoms with Gasteiger partial charge in [0, 0.05) is 11.0 Å². The summed E-state index contributed by atoms with van der Waals surface area (Å²) in [7, 11) is 0. The topological polar surface area (TPSA) is 78.9 Å². The van der Waals surface area contributed by atoms with Gasteiger partial charge in [0.1, 0.15) is 0 Å². The molecule has 0 aromatic heterocycles. The monoisotopic (exact) mass is 362 g/mol. The summed E-state index contributed by atoms with van der Waals surface area (Å²) >= 11 is 9.27. The number of morpholine rings is 1. The highest BCUT2D eigenvalue weighted by atomic mass is 79.9. The lowest BCUT2D eigenvalue weighted by Crippen LogP contribution is -2.53. The van der Waals surface area contributed by atoms with E-state index in [0.29, 0.717) is 17.3 Å². The molecule has 1 heterocycles. The molecule has 20 heavy (non-hydrogen) atoms. The molecule has 2 amide bonds. The van der Waals surface area contributed by atoms with E-state index in [2.05, 4.69) is 21.2 Å². The maximum atomic E-state index is 12.1. The summed E-state index contributed by atoms with van der Waals surface area (Å²) in [5, 5.41) is 12.1. The molecule has 0 aliphatic carbocycles. The largest absolute Gasteiger partial charge is 0.480 e. The highest BCUT2D eigenvalue weighted by Crippen LogP contribution is 2.26. The molecule has 0 radical (unpaired) electrons. The number of aliphatic carboxylic acids is 1. The predicted octanol–water partition coefficient (Wildman–Crippen LogP) is 2.42. The van der Waals surface area contributed by atoms with E-state index in [0.717, 1.165) is 4.47 Å². The van der Waals surface area contributed by atoms with Crippen molar-refractivity contribution in [3.05, 3.63) is 27.7 Å². The molecule has 2 N–H and O–H groups in total. The van der Waals surface area contributed by atoms with E-state index in [9.17, 15) is 9.59 Å². The SMILES string of the molecule is O=C(O)C1COCCN1C(=O)Nc1ccc(Br)cc1Cl. The van der Waals surface area contributed by atoms with Crippen molar-refractivity contribution in [1.29, 1.82) is 0 Å². The number of rotatable bonds is 2. The number of nitrogens with zero attached hydrogens (tertiary/aromatic N) is 1. The van der Waals surface area contributed by atoms with Crippen LogP contribution in [0.4, 0.5) is 10.5 Å². The number of carboxylic acids is 1. The van der Waals surface area contributed by atoms with Crippen LogP contribution in [0.1, 0.15) is 0 Å². The van der Waals surface area contributed by atoms with E-state index in [4.69, 9.17) is 21.4 Å². The molecule has 2 rings (SSSR count). The van der Waals surface area contributed by atoms with E-state index in [1.165, 1.54) is 4.90 Å². The molecule has 1 aliphatic rings. The summed E-state index contributed by atoms with van der Waals surface area (Å²) in [5.41, 5.74) is 0.426. The number of anilines is 1. The summed E-state index contributed by atoms with van der Waals surface area (Å²) < 4.78 is 5.87. The first-order chi connectivity index (χ1) is 9.49. The van der Waals surface area contributed by atoms with Gasteiger partial charge in [0.05, 0.1) is 23.9 Å². The Hall–Kier alpha value is -1.31. The Bertz CT molecular complexity index is 540. The maximum Gasteiger partial charge on any atom is 0.328 e. The van der Waals surface area contributed by atoms with E-state index < -0.39 is 18.0 Å². The minimum atomic E-state index is -1.10. The zero-order valence-electron chi connectivity index (χ0n) is 10.3. The van der Waals surface area contributed by atoms with Gasteiger partial charge in [-0.2, -0.15) is 0 Å². The van der Waals surface area contributed by atoms with Crippen molar-refractivity contribution in [3.8, 4) is 0 Å². The number of hydrogen-bond donors (Lipinski definition) is 2. The van der Waals surface area contributed by atoms with Crippen LogP contribution >= 0.6 is 27.5 Å². The van der Waals surface area contributed by atoms with Gasteiger partial charge in [-0.05, 0) is 18.2 Å². The van der Waals surface area contributed by atoms with E-state index in [-0.39, 0.29) is 13.2 Å². The number of hydrogen-bond acceptors (Lipinski definition) is 3. The average Bonchev–Trinajstić information content (AvgIpc) is 2.41. The first kappa shape index (κ1) is 15.1. The second-order valence-electron chi connectivity index (χ2n) is 4.18. The van der Waals surface area contributed by atoms with E-state index in [1.807, 2.05) is 0 Å². The average molecular weight is 364 g/mol. The first-order valence-electron chi connectivity index (χ1n) is 5.82. The van der Waals surface area contributed by atoms with Crippen LogP contribution < -0.4 is 5.32 Å². The maximum absolute atomic E-state index is 12.1. The smallest absolute Gasteiger partial charge is 0.328 e. The number of benzene rings is 1. The quantitative estimate of drug-likeness (QED) is 0.846. The van der Waals surface area contributed by atoms with Crippen molar-refractivity contribution < 1.29 is 19.4 Å². The van der Waals surface area contributed by atoms with Gasteiger partial charge in [-0.1, -0.05) is 27.5 Å². The van der Waals surface area contributed by atoms with Crippen LogP contribution in [0.2, 0.25) is 5.02 Å². The Morgan fingerprint density at radius 2 is 2.25 bits per heavy atom. The lowest BCUT2D eigenvalue weighted by Gasteiger charge is -2.32. The van der Waals surface area contributed by atoms with Crippen LogP contribution in [0.15, 0.2) is 22.7 Å². The van der Waals surface area contributed by atoms with Crippen molar-refractivity contribution in [2.75, 3.05) is 25.1 Å². The number of carbonyl (C=O) groups excluding carboxylic acids is 1. The number of carboxylic acid groups (broad SMARTS) is 1. The highest BCUT2D eigenvalue weighted by molar-refractivity contribution is 9.10. The van der Waals surface area contributed by atoms with Gasteiger partial charge in [0.25, 0.3) is 0 Å². The summed E-state index contributed by atoms with van der Waals surface area (Å²) in [5.74, 6) is -1.10. The summed E-state index contributed by atoms with van der Waals surface area (Å²) in [6.07, 6.45) is 0. The van der Waals surface area contributed by atoms with Crippen LogP contribution in [0.3, 0.4) is 0 Å². The summed E-state index contributed by atoms with van der Waals surface area (Å²) in [4.78, 5) is 24.5.